The molecule has 0 spiro atoms. The van der Waals surface area contributed by atoms with Gasteiger partial charge >= 0.3 is 0 Å². The van der Waals surface area contributed by atoms with E-state index in [9.17, 15) is 13.2 Å². The van der Waals surface area contributed by atoms with Gasteiger partial charge in [0.25, 0.3) is 0 Å². The molecule has 2 atom stereocenters. The summed E-state index contributed by atoms with van der Waals surface area (Å²) >= 11 is 0. The van der Waals surface area contributed by atoms with Crippen molar-refractivity contribution in [3.63, 3.8) is 0 Å². The van der Waals surface area contributed by atoms with Crippen molar-refractivity contribution in [1.29, 1.82) is 0 Å². The second kappa shape index (κ2) is 6.55. The molecule has 6 nitrogen and oxygen atoms in total. The number of amides is 1. The van der Waals surface area contributed by atoms with E-state index in [0.29, 0.717) is 13.1 Å². The van der Waals surface area contributed by atoms with Crippen molar-refractivity contribution in [3.05, 3.63) is 35.9 Å². The number of carbonyl (C=O) groups is 1. The highest BCUT2D eigenvalue weighted by Crippen LogP contribution is 2.17. The van der Waals surface area contributed by atoms with Gasteiger partial charge in [0.2, 0.25) is 15.9 Å². The minimum atomic E-state index is -3.26. The fraction of sp³-hybridized carbons (Fsp3) is 0.500. The van der Waals surface area contributed by atoms with Crippen LogP contribution in [0.5, 0.6) is 0 Å². The molecule has 0 radical (unpaired) electrons. The highest BCUT2D eigenvalue weighted by atomic mass is 32.2. The van der Waals surface area contributed by atoms with Crippen LogP contribution in [0.25, 0.3) is 0 Å². The van der Waals surface area contributed by atoms with E-state index >= 15 is 0 Å². The van der Waals surface area contributed by atoms with E-state index in [4.69, 9.17) is 5.73 Å². The molecule has 0 unspecified atom stereocenters. The molecule has 0 aliphatic carbocycles. The highest BCUT2D eigenvalue weighted by Gasteiger charge is 2.28. The van der Waals surface area contributed by atoms with E-state index in [0.717, 1.165) is 24.7 Å². The van der Waals surface area contributed by atoms with E-state index in [2.05, 4.69) is 4.72 Å². The summed E-state index contributed by atoms with van der Waals surface area (Å²) in [5, 5.41) is 0. The van der Waals surface area contributed by atoms with E-state index in [-0.39, 0.29) is 11.9 Å². The smallest absolute Gasteiger partial charge is 0.244 e. The molecule has 1 amide bonds. The Morgan fingerprint density at radius 3 is 2.67 bits per heavy atom. The van der Waals surface area contributed by atoms with Crippen molar-refractivity contribution < 1.29 is 13.2 Å². The average Bonchev–Trinajstić information content (AvgIpc) is 2.45. The average molecular weight is 311 g/mol. The van der Waals surface area contributed by atoms with Gasteiger partial charge in [-0.25, -0.2) is 13.1 Å². The molecule has 7 heteroatoms. The molecule has 3 N–H and O–H groups in total. The lowest BCUT2D eigenvalue weighted by molar-refractivity contribution is -0.134. The first-order valence-electron chi connectivity index (χ1n) is 6.93. The van der Waals surface area contributed by atoms with E-state index in [1.807, 2.05) is 30.3 Å². The molecular weight excluding hydrogens is 290 g/mol. The number of sulfonamides is 1. The number of nitrogens with two attached hydrogens (primary N) is 1. The summed E-state index contributed by atoms with van der Waals surface area (Å²) in [6.07, 6.45) is 2.63. The Hall–Kier alpha value is -1.44. The lowest BCUT2D eigenvalue weighted by Gasteiger charge is -2.34. The Bertz CT molecular complexity index is 589. The first-order valence-corrected chi connectivity index (χ1v) is 8.82. The minimum Gasteiger partial charge on any atom is -0.339 e. The summed E-state index contributed by atoms with van der Waals surface area (Å²) in [5.41, 5.74) is 6.78. The molecule has 1 saturated heterocycles. The van der Waals surface area contributed by atoms with Crippen LogP contribution in [0.4, 0.5) is 0 Å². The fourth-order valence-corrected chi connectivity index (χ4v) is 3.37. The summed E-state index contributed by atoms with van der Waals surface area (Å²) in [6, 6.07) is 8.24. The van der Waals surface area contributed by atoms with Crippen molar-refractivity contribution in [2.24, 2.45) is 5.73 Å². The quantitative estimate of drug-likeness (QED) is 0.832. The van der Waals surface area contributed by atoms with Gasteiger partial charge in [0, 0.05) is 19.1 Å². The molecule has 1 aromatic carbocycles. The number of rotatable bonds is 4. The van der Waals surface area contributed by atoms with Gasteiger partial charge in [-0.2, -0.15) is 0 Å². The maximum Gasteiger partial charge on any atom is 0.244 e. The van der Waals surface area contributed by atoms with Crippen LogP contribution in [-0.4, -0.2) is 44.6 Å². The van der Waals surface area contributed by atoms with Crippen LogP contribution in [0.2, 0.25) is 0 Å². The zero-order valence-corrected chi connectivity index (χ0v) is 12.8. The fourth-order valence-electron chi connectivity index (χ4n) is 2.58. The van der Waals surface area contributed by atoms with E-state index in [1.165, 1.54) is 0 Å². The zero-order valence-electron chi connectivity index (χ0n) is 12.0. The van der Waals surface area contributed by atoms with Crippen LogP contribution in [0.3, 0.4) is 0 Å². The van der Waals surface area contributed by atoms with E-state index in [1.54, 1.807) is 4.90 Å². The van der Waals surface area contributed by atoms with Crippen molar-refractivity contribution in [1.82, 2.24) is 9.62 Å². The Balaban J connectivity index is 2.02. The number of benzene rings is 1. The topological polar surface area (TPSA) is 92.5 Å². The molecule has 2 rings (SSSR count). The number of nitrogens with zero attached hydrogens (tertiary/aromatic N) is 1. The van der Waals surface area contributed by atoms with Crippen LogP contribution in [0.1, 0.15) is 24.4 Å². The summed E-state index contributed by atoms with van der Waals surface area (Å²) in [6.45, 7) is 0.980. The van der Waals surface area contributed by atoms with Crippen LogP contribution in [0, 0.1) is 0 Å². The summed E-state index contributed by atoms with van der Waals surface area (Å²) < 4.78 is 25.1. The predicted molar refractivity (Wildman–Crippen MR) is 81.0 cm³/mol. The molecule has 116 valence electrons. The van der Waals surface area contributed by atoms with Crippen molar-refractivity contribution in [2.75, 3.05) is 19.3 Å². The van der Waals surface area contributed by atoms with Crippen LogP contribution < -0.4 is 10.5 Å². The summed E-state index contributed by atoms with van der Waals surface area (Å²) in [5.74, 6) is -0.166. The van der Waals surface area contributed by atoms with Gasteiger partial charge in [0.1, 0.15) is 6.04 Å². The molecule has 1 fully saturated rings. The van der Waals surface area contributed by atoms with Crippen molar-refractivity contribution in [3.8, 4) is 0 Å². The molecule has 1 aromatic rings. The Labute approximate surface area is 125 Å². The van der Waals surface area contributed by atoms with Crippen molar-refractivity contribution in [2.45, 2.75) is 24.9 Å². The summed E-state index contributed by atoms with van der Waals surface area (Å²) in [7, 11) is -3.26. The maximum atomic E-state index is 12.4. The van der Waals surface area contributed by atoms with Gasteiger partial charge in [-0.05, 0) is 18.4 Å². The third-order valence-corrected chi connectivity index (χ3v) is 4.30. The normalized spacial score (nSPS) is 21.0. The van der Waals surface area contributed by atoms with Crippen LogP contribution in [0.15, 0.2) is 30.3 Å². The van der Waals surface area contributed by atoms with Crippen LogP contribution in [-0.2, 0) is 14.8 Å². The first kappa shape index (κ1) is 15.9. The molecule has 1 aliphatic rings. The molecule has 0 saturated carbocycles. The third-order valence-electron chi connectivity index (χ3n) is 3.54. The molecule has 21 heavy (non-hydrogen) atoms. The standard InChI is InChI=1S/C14H21N3O3S/c1-21(19,20)16-12-8-5-9-17(10-12)14(18)13(15)11-6-3-2-4-7-11/h2-4,6-7,12-13,16H,5,8-10,15H2,1H3/t12-,13-/m0/s1. The van der Waals surface area contributed by atoms with Gasteiger partial charge in [0.15, 0.2) is 0 Å². The number of likely N-dealkylation sites (tertiary alicyclic amines) is 1. The second-order valence-corrected chi connectivity index (χ2v) is 7.18. The number of hydrogen-bond acceptors (Lipinski definition) is 4. The SMILES string of the molecule is CS(=O)(=O)N[C@H]1CCCN(C(=O)[C@@H](N)c2ccccc2)C1. The van der Waals surface area contributed by atoms with Gasteiger partial charge in [-0.15, -0.1) is 0 Å². The van der Waals surface area contributed by atoms with E-state index < -0.39 is 16.1 Å². The lowest BCUT2D eigenvalue weighted by atomic mass is 10.0. The van der Waals surface area contributed by atoms with Crippen LogP contribution >= 0.6 is 0 Å². The Morgan fingerprint density at radius 1 is 1.38 bits per heavy atom. The predicted octanol–water partition coefficient (Wildman–Crippen LogP) is 0.227. The molecule has 1 aliphatic heterocycles. The van der Waals surface area contributed by atoms with Gasteiger partial charge in [-0.1, -0.05) is 30.3 Å². The monoisotopic (exact) mass is 311 g/mol. The molecule has 1 heterocycles. The summed E-state index contributed by atoms with van der Waals surface area (Å²) in [4.78, 5) is 14.1. The molecular formula is C14H21N3O3S. The largest absolute Gasteiger partial charge is 0.339 e. The number of hydrogen-bond donors (Lipinski definition) is 2. The van der Waals surface area contributed by atoms with Gasteiger partial charge in [0.05, 0.1) is 6.26 Å². The zero-order chi connectivity index (χ0) is 15.5. The number of piperidine rings is 1. The molecule has 0 aromatic heterocycles. The Kier molecular flexibility index (Phi) is 4.97. The first-order chi connectivity index (χ1) is 9.87. The third kappa shape index (κ3) is 4.52. The second-order valence-electron chi connectivity index (χ2n) is 5.40. The Morgan fingerprint density at radius 2 is 2.05 bits per heavy atom. The van der Waals surface area contributed by atoms with Gasteiger partial charge < -0.3 is 10.6 Å². The molecule has 0 bridgehead atoms. The van der Waals surface area contributed by atoms with Crippen molar-refractivity contribution >= 4 is 15.9 Å². The minimum absolute atomic E-state index is 0.166. The number of nitrogens with one attached hydrogen (secondary N) is 1. The number of carbonyl (C=O) groups excluding carboxylic acids is 1. The maximum absolute atomic E-state index is 12.4. The lowest BCUT2D eigenvalue weighted by Crippen LogP contribution is -2.51. The van der Waals surface area contributed by atoms with Gasteiger partial charge in [-0.3, -0.25) is 4.79 Å². The highest BCUT2D eigenvalue weighted by molar-refractivity contribution is 7.88.